The van der Waals surface area contributed by atoms with Crippen molar-refractivity contribution in [2.75, 3.05) is 7.11 Å². The molecule has 0 aliphatic carbocycles. The molecule has 27 heavy (non-hydrogen) atoms. The Labute approximate surface area is 155 Å². The molecule has 0 saturated heterocycles. The molecule has 138 valence electrons. The van der Waals surface area contributed by atoms with Crippen LogP contribution in [-0.2, 0) is 11.3 Å². The average molecular weight is 366 g/mol. The highest BCUT2D eigenvalue weighted by Gasteiger charge is 2.17. The van der Waals surface area contributed by atoms with Gasteiger partial charge in [0.15, 0.2) is 0 Å². The van der Waals surface area contributed by atoms with E-state index in [4.69, 9.17) is 0 Å². The molecule has 1 amide bonds. The number of ether oxygens (including phenoxy) is 1. The summed E-state index contributed by atoms with van der Waals surface area (Å²) in [5, 5.41) is 16.2. The monoisotopic (exact) mass is 366 g/mol. The first-order valence-electron chi connectivity index (χ1n) is 8.20. The normalized spacial score (nSPS) is 11.0. The highest BCUT2D eigenvalue weighted by molar-refractivity contribution is 6.01. The van der Waals surface area contributed by atoms with Crippen molar-refractivity contribution in [2.24, 2.45) is 5.10 Å². The number of nitro groups is 1. The molecular weight excluding hydrogens is 348 g/mol. The molecule has 0 atom stereocenters. The number of carbonyl (C=O) groups excluding carboxylic acids is 1. The molecule has 0 spiro atoms. The largest absolute Gasteiger partial charge is 0.452 e. The van der Waals surface area contributed by atoms with Crippen LogP contribution < -0.4 is 5.43 Å². The Morgan fingerprint density at radius 1 is 1.26 bits per heavy atom. The van der Waals surface area contributed by atoms with Crippen molar-refractivity contribution < 1.29 is 14.5 Å². The molecule has 8 heteroatoms. The summed E-state index contributed by atoms with van der Waals surface area (Å²) in [7, 11) is 1.26. The van der Waals surface area contributed by atoms with Gasteiger partial charge in [-0.3, -0.25) is 10.1 Å². The third-order valence-corrected chi connectivity index (χ3v) is 4.33. The fourth-order valence-electron chi connectivity index (χ4n) is 3.01. The molecule has 1 N–H and O–H groups in total. The van der Waals surface area contributed by atoms with Crippen LogP contribution in [0.2, 0.25) is 0 Å². The first-order chi connectivity index (χ1) is 13.0. The van der Waals surface area contributed by atoms with Crippen molar-refractivity contribution in [3.05, 3.63) is 75.5 Å². The number of para-hydroxylation sites is 2. The van der Waals surface area contributed by atoms with E-state index < -0.39 is 6.09 Å². The van der Waals surface area contributed by atoms with Gasteiger partial charge in [-0.2, -0.15) is 5.10 Å². The van der Waals surface area contributed by atoms with Gasteiger partial charge in [-0.15, -0.1) is 0 Å². The molecule has 1 aromatic heterocycles. The number of aromatic nitrogens is 1. The Bertz CT molecular complexity index is 1040. The summed E-state index contributed by atoms with van der Waals surface area (Å²) in [6.07, 6.45) is 0.886. The number of fused-ring (bicyclic) bond motifs is 1. The zero-order valence-electron chi connectivity index (χ0n) is 14.9. The van der Waals surface area contributed by atoms with Crippen LogP contribution in [-0.4, -0.2) is 28.9 Å². The fourth-order valence-corrected chi connectivity index (χ4v) is 3.01. The van der Waals surface area contributed by atoms with E-state index in [1.54, 1.807) is 24.4 Å². The molecule has 0 unspecified atom stereocenters. The zero-order chi connectivity index (χ0) is 19.4. The van der Waals surface area contributed by atoms with Crippen LogP contribution in [0.1, 0.15) is 16.8 Å². The first kappa shape index (κ1) is 18.1. The van der Waals surface area contributed by atoms with Crippen LogP contribution >= 0.6 is 0 Å². The Kier molecular flexibility index (Phi) is 5.16. The van der Waals surface area contributed by atoms with E-state index in [-0.39, 0.29) is 10.6 Å². The van der Waals surface area contributed by atoms with Crippen LogP contribution in [0.25, 0.3) is 10.9 Å². The molecule has 2 aromatic carbocycles. The molecule has 0 fully saturated rings. The minimum absolute atomic E-state index is 0.0808. The van der Waals surface area contributed by atoms with Crippen molar-refractivity contribution in [1.29, 1.82) is 0 Å². The standard InChI is InChI=1S/C19H18N4O4/c1-13-16(11-20-21-19(24)27-2)15-8-4-6-10-18(15)22(13)12-14-7-3-5-9-17(14)23(25)26/h3-11H,12H2,1-2H3,(H,21,24)/b20-11+. The number of benzene rings is 2. The molecule has 8 nitrogen and oxygen atoms in total. The highest BCUT2D eigenvalue weighted by atomic mass is 16.6. The Morgan fingerprint density at radius 3 is 2.70 bits per heavy atom. The molecule has 3 rings (SSSR count). The smallest absolute Gasteiger partial charge is 0.427 e. The number of nitrogens with zero attached hydrogens (tertiary/aromatic N) is 3. The molecule has 0 bridgehead atoms. The minimum atomic E-state index is -0.660. The molecule has 3 aromatic rings. The van der Waals surface area contributed by atoms with Crippen LogP contribution in [0.3, 0.4) is 0 Å². The van der Waals surface area contributed by atoms with Gasteiger partial charge in [0, 0.05) is 33.8 Å². The maximum absolute atomic E-state index is 11.3. The number of hydrogen-bond acceptors (Lipinski definition) is 5. The second kappa shape index (κ2) is 7.69. The molecule has 1 heterocycles. The molecule has 0 aliphatic heterocycles. The number of nitro benzene ring substituents is 1. The fraction of sp³-hybridized carbons (Fsp3) is 0.158. The number of methoxy groups -OCH3 is 1. The number of nitrogens with one attached hydrogen (secondary N) is 1. The summed E-state index contributed by atoms with van der Waals surface area (Å²) in [5.74, 6) is 0. The van der Waals surface area contributed by atoms with Gasteiger partial charge < -0.3 is 9.30 Å². The lowest BCUT2D eigenvalue weighted by molar-refractivity contribution is -0.385. The third-order valence-electron chi connectivity index (χ3n) is 4.33. The summed E-state index contributed by atoms with van der Waals surface area (Å²) in [6, 6.07) is 14.4. The van der Waals surface area contributed by atoms with Gasteiger partial charge in [0.25, 0.3) is 5.69 Å². The van der Waals surface area contributed by atoms with Crippen molar-refractivity contribution in [2.45, 2.75) is 13.5 Å². The second-order valence-corrected chi connectivity index (χ2v) is 5.85. The zero-order valence-corrected chi connectivity index (χ0v) is 14.9. The average Bonchev–Trinajstić information content (AvgIpc) is 2.94. The number of carbonyl (C=O) groups is 1. The molecule has 0 saturated carbocycles. The van der Waals surface area contributed by atoms with E-state index in [0.717, 1.165) is 22.2 Å². The summed E-state index contributed by atoms with van der Waals surface area (Å²) in [6.45, 7) is 2.26. The van der Waals surface area contributed by atoms with Crippen LogP contribution in [0.15, 0.2) is 53.6 Å². The number of amides is 1. The summed E-state index contributed by atoms with van der Waals surface area (Å²) in [4.78, 5) is 22.1. The van der Waals surface area contributed by atoms with Gasteiger partial charge in [-0.25, -0.2) is 10.2 Å². The lowest BCUT2D eigenvalue weighted by atomic mass is 10.1. The Morgan fingerprint density at radius 2 is 1.96 bits per heavy atom. The van der Waals surface area contributed by atoms with E-state index in [1.807, 2.05) is 35.8 Å². The summed E-state index contributed by atoms with van der Waals surface area (Å²) < 4.78 is 6.49. The van der Waals surface area contributed by atoms with E-state index >= 15 is 0 Å². The summed E-state index contributed by atoms with van der Waals surface area (Å²) in [5.41, 5.74) is 5.58. The third kappa shape index (κ3) is 3.64. The summed E-state index contributed by atoms with van der Waals surface area (Å²) >= 11 is 0. The first-order valence-corrected chi connectivity index (χ1v) is 8.20. The van der Waals surface area contributed by atoms with Crippen LogP contribution in [0, 0.1) is 17.0 Å². The van der Waals surface area contributed by atoms with Gasteiger partial charge in [0.1, 0.15) is 0 Å². The highest BCUT2D eigenvalue weighted by Crippen LogP contribution is 2.27. The number of hydrogen-bond donors (Lipinski definition) is 1. The number of hydrazone groups is 1. The van der Waals surface area contributed by atoms with Crippen molar-refractivity contribution in [1.82, 2.24) is 9.99 Å². The molecular formula is C19H18N4O4. The lowest BCUT2D eigenvalue weighted by Gasteiger charge is -2.09. The van der Waals surface area contributed by atoms with E-state index in [0.29, 0.717) is 12.1 Å². The predicted octanol–water partition coefficient (Wildman–Crippen LogP) is 3.60. The quantitative estimate of drug-likeness (QED) is 0.424. The van der Waals surface area contributed by atoms with Crippen LogP contribution in [0.4, 0.5) is 10.5 Å². The van der Waals surface area contributed by atoms with Gasteiger partial charge in [-0.1, -0.05) is 36.4 Å². The minimum Gasteiger partial charge on any atom is -0.452 e. The van der Waals surface area contributed by atoms with E-state index in [1.165, 1.54) is 13.2 Å². The topological polar surface area (TPSA) is 98.8 Å². The Balaban J connectivity index is 2.06. The van der Waals surface area contributed by atoms with Crippen LogP contribution in [0.5, 0.6) is 0 Å². The predicted molar refractivity (Wildman–Crippen MR) is 102 cm³/mol. The van der Waals surface area contributed by atoms with Gasteiger partial charge in [0.05, 0.1) is 24.8 Å². The maximum atomic E-state index is 11.3. The van der Waals surface area contributed by atoms with Gasteiger partial charge in [-0.05, 0) is 13.0 Å². The van der Waals surface area contributed by atoms with Crippen molar-refractivity contribution in [3.8, 4) is 0 Å². The van der Waals surface area contributed by atoms with Crippen molar-refractivity contribution >= 4 is 28.9 Å². The van der Waals surface area contributed by atoms with Gasteiger partial charge in [0.2, 0.25) is 0 Å². The van der Waals surface area contributed by atoms with E-state index in [9.17, 15) is 14.9 Å². The second-order valence-electron chi connectivity index (χ2n) is 5.85. The molecule has 0 aliphatic rings. The van der Waals surface area contributed by atoms with Crippen molar-refractivity contribution in [3.63, 3.8) is 0 Å². The molecule has 0 radical (unpaired) electrons. The lowest BCUT2D eigenvalue weighted by Crippen LogP contribution is -2.16. The van der Waals surface area contributed by atoms with E-state index in [2.05, 4.69) is 15.3 Å². The maximum Gasteiger partial charge on any atom is 0.427 e. The SMILES string of the molecule is COC(=O)N/N=C/c1c(C)n(Cc2ccccc2[N+](=O)[O-])c2ccccc12. The van der Waals surface area contributed by atoms with Gasteiger partial charge >= 0.3 is 6.09 Å². The number of rotatable bonds is 5. The Hall–Kier alpha value is -3.68.